The van der Waals surface area contributed by atoms with Crippen LogP contribution in [-0.4, -0.2) is 41.2 Å². The van der Waals surface area contributed by atoms with Crippen molar-refractivity contribution in [3.63, 3.8) is 0 Å². The summed E-state index contributed by atoms with van der Waals surface area (Å²) in [4.78, 5) is 18.5. The molecule has 0 bridgehead atoms. The molecule has 6 heteroatoms. The van der Waals surface area contributed by atoms with Gasteiger partial charge in [-0.1, -0.05) is 6.07 Å². The Labute approximate surface area is 146 Å². The number of rotatable bonds is 6. The molecule has 1 saturated heterocycles. The highest BCUT2D eigenvalue weighted by Crippen LogP contribution is 2.20. The average Bonchev–Trinajstić information content (AvgIpc) is 3.09. The van der Waals surface area contributed by atoms with Crippen molar-refractivity contribution in [1.82, 2.24) is 9.88 Å². The predicted octanol–water partition coefficient (Wildman–Crippen LogP) is 3.36. The number of furan rings is 1. The third-order valence-electron chi connectivity index (χ3n) is 4.03. The second-order valence-corrected chi connectivity index (χ2v) is 6.75. The number of carbonyl (C=O) groups excluding carboxylic acids is 1. The first kappa shape index (κ1) is 17.0. The first-order valence-corrected chi connectivity index (χ1v) is 9.53. The van der Waals surface area contributed by atoms with Crippen LogP contribution in [-0.2, 0) is 17.1 Å². The van der Waals surface area contributed by atoms with Crippen LogP contribution in [0.1, 0.15) is 34.7 Å². The van der Waals surface area contributed by atoms with Crippen molar-refractivity contribution in [2.45, 2.75) is 31.3 Å². The maximum Gasteiger partial charge on any atom is 0.289 e. The minimum Gasteiger partial charge on any atom is -0.455 e. The van der Waals surface area contributed by atoms with Crippen LogP contribution < -0.4 is 0 Å². The topological polar surface area (TPSA) is 55.6 Å². The van der Waals surface area contributed by atoms with Crippen molar-refractivity contribution in [3.8, 4) is 0 Å². The van der Waals surface area contributed by atoms with Gasteiger partial charge in [0.1, 0.15) is 5.76 Å². The molecule has 1 aliphatic rings. The van der Waals surface area contributed by atoms with Crippen LogP contribution >= 0.6 is 11.8 Å². The monoisotopic (exact) mass is 346 g/mol. The van der Waals surface area contributed by atoms with Crippen molar-refractivity contribution in [2.75, 3.05) is 19.3 Å². The summed E-state index contributed by atoms with van der Waals surface area (Å²) in [6.07, 6.45) is 7.55. The van der Waals surface area contributed by atoms with E-state index in [-0.39, 0.29) is 12.0 Å². The van der Waals surface area contributed by atoms with E-state index in [2.05, 4.69) is 4.98 Å². The van der Waals surface area contributed by atoms with Gasteiger partial charge in [0.25, 0.3) is 5.91 Å². The van der Waals surface area contributed by atoms with Crippen molar-refractivity contribution in [1.29, 1.82) is 0 Å². The lowest BCUT2D eigenvalue weighted by Gasteiger charge is -2.32. The molecule has 128 valence electrons. The van der Waals surface area contributed by atoms with E-state index in [1.54, 1.807) is 24.0 Å². The van der Waals surface area contributed by atoms with E-state index >= 15 is 0 Å². The van der Waals surface area contributed by atoms with Gasteiger partial charge in [-0.15, -0.1) is 0 Å². The molecular weight excluding hydrogens is 324 g/mol. The predicted molar refractivity (Wildman–Crippen MR) is 93.9 cm³/mol. The zero-order valence-electron chi connectivity index (χ0n) is 13.8. The average molecular weight is 346 g/mol. The maximum atomic E-state index is 12.6. The Kier molecular flexibility index (Phi) is 5.93. The number of ether oxygens (including phenoxy) is 1. The zero-order chi connectivity index (χ0) is 16.8. The van der Waals surface area contributed by atoms with Gasteiger partial charge < -0.3 is 14.1 Å². The van der Waals surface area contributed by atoms with Crippen LogP contribution in [0.3, 0.4) is 0 Å². The Morgan fingerprint density at radius 3 is 3.17 bits per heavy atom. The molecular formula is C18H22N2O3S. The van der Waals surface area contributed by atoms with Gasteiger partial charge in [-0.2, -0.15) is 11.8 Å². The summed E-state index contributed by atoms with van der Waals surface area (Å²) in [5, 5.41) is 0. The minimum atomic E-state index is -0.0444. The lowest BCUT2D eigenvalue weighted by molar-refractivity contribution is -0.00764. The van der Waals surface area contributed by atoms with E-state index in [1.807, 2.05) is 35.6 Å². The molecule has 0 unspecified atom stereocenters. The number of hydrogen-bond donors (Lipinski definition) is 0. The van der Waals surface area contributed by atoms with E-state index < -0.39 is 0 Å². The second-order valence-electron chi connectivity index (χ2n) is 5.89. The molecule has 0 N–H and O–H groups in total. The Morgan fingerprint density at radius 2 is 2.38 bits per heavy atom. The summed E-state index contributed by atoms with van der Waals surface area (Å²) in [6.45, 7) is 1.89. The fourth-order valence-corrected chi connectivity index (χ4v) is 3.26. The van der Waals surface area contributed by atoms with E-state index in [1.165, 1.54) is 0 Å². The van der Waals surface area contributed by atoms with Crippen LogP contribution in [0.5, 0.6) is 0 Å². The number of carbonyl (C=O) groups is 1. The number of likely N-dealkylation sites (tertiary alicyclic amines) is 1. The second kappa shape index (κ2) is 8.35. The molecule has 0 radical (unpaired) electrons. The first-order valence-electron chi connectivity index (χ1n) is 8.13. The van der Waals surface area contributed by atoms with Gasteiger partial charge in [0.2, 0.25) is 0 Å². The number of piperidine rings is 1. The number of aromatic nitrogens is 1. The Hall–Kier alpha value is -1.79. The van der Waals surface area contributed by atoms with Gasteiger partial charge in [0.05, 0.1) is 18.5 Å². The van der Waals surface area contributed by atoms with Crippen LogP contribution in [0.25, 0.3) is 0 Å². The summed E-state index contributed by atoms with van der Waals surface area (Å²) in [7, 11) is 0. The van der Waals surface area contributed by atoms with Crippen LogP contribution in [0, 0.1) is 0 Å². The molecule has 3 rings (SSSR count). The van der Waals surface area contributed by atoms with E-state index in [9.17, 15) is 4.79 Å². The summed E-state index contributed by atoms with van der Waals surface area (Å²) in [6, 6.07) is 7.55. The van der Waals surface area contributed by atoms with Crippen molar-refractivity contribution >= 4 is 17.7 Å². The molecule has 3 heterocycles. The Balaban J connectivity index is 1.55. The lowest BCUT2D eigenvalue weighted by atomic mass is 10.1. The number of amides is 1. The number of pyridine rings is 1. The highest BCUT2D eigenvalue weighted by Gasteiger charge is 2.26. The molecule has 5 nitrogen and oxygen atoms in total. The zero-order valence-corrected chi connectivity index (χ0v) is 14.6. The summed E-state index contributed by atoms with van der Waals surface area (Å²) >= 11 is 1.68. The van der Waals surface area contributed by atoms with E-state index in [4.69, 9.17) is 9.15 Å². The van der Waals surface area contributed by atoms with Crippen LogP contribution in [0.15, 0.2) is 41.1 Å². The summed E-state index contributed by atoms with van der Waals surface area (Å²) < 4.78 is 11.6. The fourth-order valence-electron chi connectivity index (χ4n) is 2.82. The van der Waals surface area contributed by atoms with Gasteiger partial charge >= 0.3 is 0 Å². The first-order chi connectivity index (χ1) is 11.8. The molecule has 2 aromatic rings. The molecule has 0 spiro atoms. The van der Waals surface area contributed by atoms with Crippen LogP contribution in [0.4, 0.5) is 0 Å². The molecule has 0 aliphatic carbocycles. The number of nitrogens with zero attached hydrogens (tertiary/aromatic N) is 2. The molecule has 1 fully saturated rings. The van der Waals surface area contributed by atoms with E-state index in [0.717, 1.165) is 36.5 Å². The largest absolute Gasteiger partial charge is 0.455 e. The molecule has 2 aromatic heterocycles. The van der Waals surface area contributed by atoms with E-state index in [0.29, 0.717) is 18.9 Å². The van der Waals surface area contributed by atoms with Gasteiger partial charge in [-0.25, -0.2) is 0 Å². The van der Waals surface area contributed by atoms with Gasteiger partial charge in [-0.05, 0) is 42.9 Å². The molecule has 1 atom stereocenters. The lowest BCUT2D eigenvalue weighted by Crippen LogP contribution is -2.43. The molecule has 0 saturated carbocycles. The third-order valence-corrected chi connectivity index (χ3v) is 4.61. The maximum absolute atomic E-state index is 12.6. The van der Waals surface area contributed by atoms with Crippen molar-refractivity contribution in [2.24, 2.45) is 0 Å². The highest BCUT2D eigenvalue weighted by atomic mass is 32.2. The molecule has 1 aliphatic heterocycles. The minimum absolute atomic E-state index is 0.0444. The number of hydrogen-bond acceptors (Lipinski definition) is 5. The normalized spacial score (nSPS) is 17.9. The van der Waals surface area contributed by atoms with Crippen molar-refractivity contribution in [3.05, 3.63) is 53.7 Å². The highest BCUT2D eigenvalue weighted by molar-refractivity contribution is 7.97. The molecule has 1 amide bonds. The van der Waals surface area contributed by atoms with Gasteiger partial charge in [-0.3, -0.25) is 9.78 Å². The standard InChI is InChI=1S/C18H22N2O3S/c1-24-13-16-6-7-17(23-16)18(21)20-9-3-5-15(11-20)22-12-14-4-2-8-19-10-14/h2,4,6-8,10,15H,3,5,9,11-13H2,1H3/t15-/m0/s1. The van der Waals surface area contributed by atoms with Gasteiger partial charge in [0.15, 0.2) is 5.76 Å². The smallest absolute Gasteiger partial charge is 0.289 e. The summed E-state index contributed by atoms with van der Waals surface area (Å²) in [5.41, 5.74) is 1.05. The SMILES string of the molecule is CSCc1ccc(C(=O)N2CCC[C@H](OCc3cccnc3)C2)o1. The molecule has 0 aromatic carbocycles. The summed E-state index contributed by atoms with van der Waals surface area (Å²) in [5.74, 6) is 2.00. The Bertz CT molecular complexity index is 659. The molecule has 24 heavy (non-hydrogen) atoms. The van der Waals surface area contributed by atoms with Gasteiger partial charge in [0, 0.05) is 25.5 Å². The third kappa shape index (κ3) is 4.39. The Morgan fingerprint density at radius 1 is 1.46 bits per heavy atom. The number of thioether (sulfide) groups is 1. The fraction of sp³-hybridized carbons (Fsp3) is 0.444. The van der Waals surface area contributed by atoms with Crippen LogP contribution in [0.2, 0.25) is 0 Å². The quantitative estimate of drug-likeness (QED) is 0.803. The van der Waals surface area contributed by atoms with Crippen molar-refractivity contribution < 1.29 is 13.9 Å².